The third-order valence-electron chi connectivity index (χ3n) is 6.96. The van der Waals surface area contributed by atoms with Gasteiger partial charge in [-0.15, -0.1) is 0 Å². The van der Waals surface area contributed by atoms with E-state index in [9.17, 15) is 24.3 Å². The Morgan fingerprint density at radius 2 is 1.90 bits per heavy atom. The molecular weight excluding hydrogens is 510 g/mol. The summed E-state index contributed by atoms with van der Waals surface area (Å²) in [6.45, 7) is 6.11. The number of amides is 3. The molecule has 40 heavy (non-hydrogen) atoms. The van der Waals surface area contributed by atoms with Crippen LogP contribution in [0.25, 0.3) is 10.9 Å². The van der Waals surface area contributed by atoms with E-state index in [0.29, 0.717) is 12.3 Å². The number of hydrogen-bond acceptors (Lipinski definition) is 4. The minimum absolute atomic E-state index is 0.0565. The van der Waals surface area contributed by atoms with E-state index in [1.807, 2.05) is 18.2 Å². The van der Waals surface area contributed by atoms with Crippen LogP contribution in [0.4, 0.5) is 10.5 Å². The predicted molar refractivity (Wildman–Crippen MR) is 154 cm³/mol. The molecule has 1 aliphatic rings. The second kappa shape index (κ2) is 13.1. The van der Waals surface area contributed by atoms with E-state index in [-0.39, 0.29) is 24.6 Å². The van der Waals surface area contributed by atoms with E-state index in [0.717, 1.165) is 48.9 Å². The number of benzene rings is 1. The number of para-hydroxylation sites is 1. The molecule has 4 rings (SSSR count). The number of fused-ring (bicyclic) bond motifs is 1. The highest BCUT2D eigenvalue weighted by Crippen LogP contribution is 2.22. The quantitative estimate of drug-likeness (QED) is 0.268. The summed E-state index contributed by atoms with van der Waals surface area (Å²) in [5, 5.41) is 15.1. The third kappa shape index (κ3) is 7.40. The second-order valence-electron chi connectivity index (χ2n) is 10.6. The minimum atomic E-state index is -1.35. The smallest absolute Gasteiger partial charge is 0.405 e. The van der Waals surface area contributed by atoms with E-state index in [1.54, 1.807) is 23.2 Å². The zero-order valence-corrected chi connectivity index (χ0v) is 23.0. The van der Waals surface area contributed by atoms with E-state index in [4.69, 9.17) is 0 Å². The van der Waals surface area contributed by atoms with Gasteiger partial charge in [-0.25, -0.2) is 4.79 Å². The number of anilines is 1. The van der Waals surface area contributed by atoms with Gasteiger partial charge in [-0.1, -0.05) is 38.1 Å². The van der Waals surface area contributed by atoms with E-state index >= 15 is 0 Å². The Labute approximate surface area is 233 Å². The van der Waals surface area contributed by atoms with Crippen LogP contribution < -0.4 is 16.2 Å². The molecule has 3 heterocycles. The molecule has 1 atom stereocenters. The lowest BCUT2D eigenvalue weighted by atomic mass is 10.0. The molecule has 1 aromatic carbocycles. The molecule has 3 amide bonds. The monoisotopic (exact) mass is 547 g/mol. The lowest BCUT2D eigenvalue weighted by Gasteiger charge is -2.16. The Morgan fingerprint density at radius 1 is 1.12 bits per heavy atom. The molecule has 0 spiro atoms. The molecule has 10 nitrogen and oxygen atoms in total. The lowest BCUT2D eigenvalue weighted by molar-refractivity contribution is -0.125. The average Bonchev–Trinajstić information content (AvgIpc) is 3.58. The Morgan fingerprint density at radius 3 is 2.62 bits per heavy atom. The van der Waals surface area contributed by atoms with Crippen molar-refractivity contribution in [2.24, 2.45) is 5.92 Å². The Kier molecular flexibility index (Phi) is 9.42. The standard InChI is InChI=1S/C30H37N5O5/c1-20(2)17-21-9-7-10-22-18-23(31-27(21)22)19-35-16-8-12-25(29(35)38)32-28(37)24(33-30(39)40)11-3-4-13-26(36)34-14-5-6-15-34/h4,7-10,12-13,16,18,20,24,31,33H,3,5-6,11,14-15,17,19H2,1-2H3,(H,32,37)(H,39,40)/b13-4+/t24-/m0/s1. The van der Waals surface area contributed by atoms with Crippen molar-refractivity contribution >= 4 is 34.5 Å². The van der Waals surface area contributed by atoms with Crippen molar-refractivity contribution in [2.75, 3.05) is 18.4 Å². The van der Waals surface area contributed by atoms with Crippen molar-refractivity contribution in [3.63, 3.8) is 0 Å². The zero-order chi connectivity index (χ0) is 28.6. The van der Waals surface area contributed by atoms with Crippen molar-refractivity contribution in [3.05, 3.63) is 76.4 Å². The number of carbonyl (C=O) groups excluding carboxylic acids is 2. The summed E-state index contributed by atoms with van der Waals surface area (Å²) in [6.07, 6.45) is 6.78. The van der Waals surface area contributed by atoms with Crippen LogP contribution in [0.1, 0.15) is 50.8 Å². The first kappa shape index (κ1) is 28.7. The number of nitrogens with zero attached hydrogens (tertiary/aromatic N) is 2. The molecule has 0 bridgehead atoms. The van der Waals surface area contributed by atoms with Crippen molar-refractivity contribution < 1.29 is 19.5 Å². The molecule has 4 N–H and O–H groups in total. The number of aromatic nitrogens is 2. The van der Waals surface area contributed by atoms with E-state index in [1.165, 1.54) is 22.3 Å². The second-order valence-corrected chi connectivity index (χ2v) is 10.6. The van der Waals surface area contributed by atoms with Crippen LogP contribution >= 0.6 is 0 Å². The van der Waals surface area contributed by atoms with Crippen molar-refractivity contribution in [1.82, 2.24) is 19.8 Å². The molecular formula is C30H37N5O5. The van der Waals surface area contributed by atoms with E-state index < -0.39 is 23.6 Å². The molecule has 0 aliphatic carbocycles. The van der Waals surface area contributed by atoms with Gasteiger partial charge in [0.15, 0.2) is 0 Å². The summed E-state index contributed by atoms with van der Waals surface area (Å²) in [7, 11) is 0. The summed E-state index contributed by atoms with van der Waals surface area (Å²) in [5.41, 5.74) is 2.79. The number of nitrogens with one attached hydrogen (secondary N) is 3. The molecule has 2 aromatic heterocycles. The SMILES string of the molecule is CC(C)Cc1cccc2cc(Cn3cccc(NC(=O)[C@H](CC/C=C/C(=O)N4CCCC4)NC(=O)O)c3=O)[nH]c12. The fourth-order valence-corrected chi connectivity index (χ4v) is 5.04. The number of rotatable bonds is 11. The highest BCUT2D eigenvalue weighted by molar-refractivity contribution is 5.96. The first-order valence-electron chi connectivity index (χ1n) is 13.8. The predicted octanol–water partition coefficient (Wildman–Crippen LogP) is 4.11. The van der Waals surface area contributed by atoms with Gasteiger partial charge in [0.05, 0.1) is 6.54 Å². The average molecular weight is 548 g/mol. The fourth-order valence-electron chi connectivity index (χ4n) is 5.04. The lowest BCUT2D eigenvalue weighted by Crippen LogP contribution is -2.44. The number of hydrogen-bond donors (Lipinski definition) is 4. The summed E-state index contributed by atoms with van der Waals surface area (Å²) in [6, 6.07) is 10.3. The number of aromatic amines is 1. The first-order valence-corrected chi connectivity index (χ1v) is 13.8. The van der Waals surface area contributed by atoms with Crippen LogP contribution in [-0.2, 0) is 22.6 Å². The van der Waals surface area contributed by atoms with Crippen LogP contribution in [0, 0.1) is 5.92 Å². The Bertz CT molecular complexity index is 1450. The third-order valence-corrected chi connectivity index (χ3v) is 6.96. The van der Waals surface area contributed by atoms with Gasteiger partial charge in [-0.05, 0) is 73.2 Å². The van der Waals surface area contributed by atoms with Gasteiger partial charge >= 0.3 is 6.09 Å². The maximum atomic E-state index is 13.2. The summed E-state index contributed by atoms with van der Waals surface area (Å²) in [4.78, 5) is 54.8. The molecule has 1 fully saturated rings. The zero-order valence-electron chi connectivity index (χ0n) is 23.0. The maximum absolute atomic E-state index is 13.2. The fraction of sp³-hybridized carbons (Fsp3) is 0.400. The molecule has 3 aromatic rings. The van der Waals surface area contributed by atoms with Gasteiger partial charge in [0.25, 0.3) is 5.56 Å². The van der Waals surface area contributed by atoms with Gasteiger partial charge in [-0.3, -0.25) is 14.4 Å². The molecule has 0 unspecified atom stereocenters. The summed E-state index contributed by atoms with van der Waals surface area (Å²) >= 11 is 0. The molecule has 10 heteroatoms. The normalized spacial score (nSPS) is 14.2. The number of carboxylic acid groups (broad SMARTS) is 1. The molecule has 1 aliphatic heterocycles. The van der Waals surface area contributed by atoms with Gasteiger partial charge in [0.1, 0.15) is 11.7 Å². The maximum Gasteiger partial charge on any atom is 0.405 e. The molecule has 1 saturated heterocycles. The first-order chi connectivity index (χ1) is 19.2. The van der Waals surface area contributed by atoms with Gasteiger partial charge in [0.2, 0.25) is 11.8 Å². The molecule has 0 radical (unpaired) electrons. The van der Waals surface area contributed by atoms with Crippen molar-refractivity contribution in [3.8, 4) is 0 Å². The number of H-pyrrole nitrogens is 1. The number of pyridine rings is 1. The van der Waals surface area contributed by atoms with Crippen LogP contribution in [-0.4, -0.2) is 56.6 Å². The Hall–Kier alpha value is -4.34. The minimum Gasteiger partial charge on any atom is -0.465 e. The van der Waals surface area contributed by atoms with Gasteiger partial charge in [-0.2, -0.15) is 0 Å². The van der Waals surface area contributed by atoms with E-state index in [2.05, 4.69) is 35.5 Å². The highest BCUT2D eigenvalue weighted by atomic mass is 16.4. The van der Waals surface area contributed by atoms with Crippen molar-refractivity contribution in [2.45, 2.75) is 58.5 Å². The van der Waals surface area contributed by atoms with Crippen LogP contribution in [0.2, 0.25) is 0 Å². The largest absolute Gasteiger partial charge is 0.465 e. The Balaban J connectivity index is 1.43. The van der Waals surface area contributed by atoms with Crippen LogP contribution in [0.3, 0.4) is 0 Å². The molecule has 212 valence electrons. The van der Waals surface area contributed by atoms with Crippen molar-refractivity contribution in [1.29, 1.82) is 0 Å². The number of likely N-dealkylation sites (tertiary alicyclic amines) is 1. The summed E-state index contributed by atoms with van der Waals surface area (Å²) < 4.78 is 1.49. The van der Waals surface area contributed by atoms with Crippen LogP contribution in [0.5, 0.6) is 0 Å². The van der Waals surface area contributed by atoms with Gasteiger partial charge in [0, 0.05) is 30.5 Å². The topological polar surface area (TPSA) is 137 Å². The van der Waals surface area contributed by atoms with Crippen LogP contribution in [0.15, 0.2) is 59.5 Å². The summed E-state index contributed by atoms with van der Waals surface area (Å²) in [5.74, 6) is -0.214. The molecule has 0 saturated carbocycles. The highest BCUT2D eigenvalue weighted by Gasteiger charge is 2.22. The van der Waals surface area contributed by atoms with Gasteiger partial charge < -0.3 is 30.2 Å². The number of allylic oxidation sites excluding steroid dienone is 1. The number of carbonyl (C=O) groups is 3.